The highest BCUT2D eigenvalue weighted by Gasteiger charge is 2.20. The fourth-order valence-corrected chi connectivity index (χ4v) is 2.75. The Kier molecular flexibility index (Phi) is 5.42. The van der Waals surface area contributed by atoms with Gasteiger partial charge in [0.15, 0.2) is 0 Å². The number of hydrogen-bond acceptors (Lipinski definition) is 5. The second kappa shape index (κ2) is 7.11. The number of hydrogen-bond donors (Lipinski definition) is 1. The largest absolute Gasteiger partial charge is 0.475 e. The van der Waals surface area contributed by atoms with E-state index in [0.29, 0.717) is 5.75 Å². The van der Waals surface area contributed by atoms with Crippen LogP contribution in [0.2, 0.25) is 0 Å². The van der Waals surface area contributed by atoms with Crippen molar-refractivity contribution < 1.29 is 14.3 Å². The van der Waals surface area contributed by atoms with Crippen molar-refractivity contribution in [1.29, 1.82) is 0 Å². The lowest BCUT2D eigenvalue weighted by atomic mass is 10.0. The van der Waals surface area contributed by atoms with Crippen LogP contribution in [0.5, 0.6) is 11.5 Å². The summed E-state index contributed by atoms with van der Waals surface area (Å²) in [6.07, 6.45) is 0.0270. The number of piperazine rings is 1. The Bertz CT molecular complexity index is 551. The van der Waals surface area contributed by atoms with Gasteiger partial charge in [0.2, 0.25) is 0 Å². The van der Waals surface area contributed by atoms with E-state index in [0.717, 1.165) is 48.6 Å². The molecule has 0 saturated carbocycles. The van der Waals surface area contributed by atoms with Gasteiger partial charge in [-0.15, -0.1) is 0 Å². The van der Waals surface area contributed by atoms with E-state index in [2.05, 4.69) is 17.1 Å². The van der Waals surface area contributed by atoms with Crippen LogP contribution in [-0.2, 0) is 4.79 Å². The Morgan fingerprint density at radius 3 is 2.45 bits per heavy atom. The standard InChI is InChI=1S/C17H26N2O3/c1-11-10-16(12(2)13(3)17(11)22-15(5)20)21-14(4)19-8-6-18-7-9-19/h10,14,18H,6-9H2,1-5H3. The highest BCUT2D eigenvalue weighted by Crippen LogP contribution is 2.34. The van der Waals surface area contributed by atoms with Crippen LogP contribution < -0.4 is 14.8 Å². The van der Waals surface area contributed by atoms with E-state index in [1.165, 1.54) is 6.92 Å². The van der Waals surface area contributed by atoms with Crippen LogP contribution in [0.1, 0.15) is 30.5 Å². The van der Waals surface area contributed by atoms with Gasteiger partial charge >= 0.3 is 5.97 Å². The third-order valence-corrected chi connectivity index (χ3v) is 4.19. The third kappa shape index (κ3) is 3.78. The molecule has 1 heterocycles. The zero-order valence-corrected chi connectivity index (χ0v) is 14.2. The van der Waals surface area contributed by atoms with Crippen molar-refractivity contribution in [2.45, 2.75) is 40.8 Å². The molecule has 1 aliphatic heterocycles. The maximum atomic E-state index is 11.2. The number of nitrogens with zero attached hydrogens (tertiary/aromatic N) is 1. The fraction of sp³-hybridized carbons (Fsp3) is 0.588. The first-order chi connectivity index (χ1) is 10.4. The lowest BCUT2D eigenvalue weighted by molar-refractivity contribution is -0.131. The molecule has 0 aromatic heterocycles. The van der Waals surface area contributed by atoms with Gasteiger partial charge in [0.1, 0.15) is 17.7 Å². The summed E-state index contributed by atoms with van der Waals surface area (Å²) in [7, 11) is 0. The van der Waals surface area contributed by atoms with Crippen molar-refractivity contribution in [2.24, 2.45) is 0 Å². The summed E-state index contributed by atoms with van der Waals surface area (Å²) >= 11 is 0. The molecule has 0 aliphatic carbocycles. The van der Waals surface area contributed by atoms with E-state index in [1.807, 2.05) is 26.8 Å². The molecular formula is C17H26N2O3. The van der Waals surface area contributed by atoms with Crippen LogP contribution in [0.25, 0.3) is 0 Å². The maximum absolute atomic E-state index is 11.2. The van der Waals surface area contributed by atoms with E-state index < -0.39 is 0 Å². The van der Waals surface area contributed by atoms with Gasteiger partial charge in [-0.25, -0.2) is 0 Å². The molecule has 5 heteroatoms. The first kappa shape index (κ1) is 16.8. The molecule has 0 radical (unpaired) electrons. The molecule has 1 aliphatic rings. The van der Waals surface area contributed by atoms with E-state index in [1.54, 1.807) is 0 Å². The summed E-state index contributed by atoms with van der Waals surface area (Å²) in [6, 6.07) is 1.96. The molecule has 0 amide bonds. The van der Waals surface area contributed by atoms with Crippen molar-refractivity contribution in [2.75, 3.05) is 26.2 Å². The Balaban J connectivity index is 2.19. The van der Waals surface area contributed by atoms with Crippen molar-refractivity contribution >= 4 is 5.97 Å². The minimum absolute atomic E-state index is 0.0270. The number of aryl methyl sites for hydroxylation is 1. The van der Waals surface area contributed by atoms with E-state index in [4.69, 9.17) is 9.47 Å². The zero-order valence-electron chi connectivity index (χ0n) is 14.2. The number of benzene rings is 1. The molecule has 1 aromatic rings. The summed E-state index contributed by atoms with van der Waals surface area (Å²) in [4.78, 5) is 13.6. The van der Waals surface area contributed by atoms with Crippen LogP contribution in [0.4, 0.5) is 0 Å². The van der Waals surface area contributed by atoms with Gasteiger partial charge in [-0.05, 0) is 50.5 Å². The molecule has 0 spiro atoms. The molecule has 22 heavy (non-hydrogen) atoms. The highest BCUT2D eigenvalue weighted by molar-refractivity contribution is 5.71. The molecule has 1 aromatic carbocycles. The minimum Gasteiger partial charge on any atom is -0.475 e. The Morgan fingerprint density at radius 1 is 1.23 bits per heavy atom. The van der Waals surface area contributed by atoms with Crippen LogP contribution in [-0.4, -0.2) is 43.3 Å². The number of esters is 1. The Labute approximate surface area is 132 Å². The molecule has 5 nitrogen and oxygen atoms in total. The Morgan fingerprint density at radius 2 is 1.86 bits per heavy atom. The van der Waals surface area contributed by atoms with Gasteiger partial charge < -0.3 is 14.8 Å². The molecule has 1 fully saturated rings. The second-order valence-electron chi connectivity index (χ2n) is 5.87. The van der Waals surface area contributed by atoms with Gasteiger partial charge in [-0.1, -0.05) is 0 Å². The average molecular weight is 306 g/mol. The molecule has 1 N–H and O–H groups in total. The number of nitrogens with one attached hydrogen (secondary N) is 1. The van der Waals surface area contributed by atoms with Crippen LogP contribution >= 0.6 is 0 Å². The molecule has 2 rings (SSSR count). The summed E-state index contributed by atoms with van der Waals surface area (Å²) in [5.74, 6) is 1.21. The monoisotopic (exact) mass is 306 g/mol. The lowest BCUT2D eigenvalue weighted by Gasteiger charge is -2.33. The van der Waals surface area contributed by atoms with Crippen molar-refractivity contribution in [1.82, 2.24) is 10.2 Å². The predicted molar refractivity (Wildman–Crippen MR) is 86.5 cm³/mol. The molecular weight excluding hydrogens is 280 g/mol. The molecule has 1 saturated heterocycles. The molecule has 1 unspecified atom stereocenters. The van der Waals surface area contributed by atoms with Gasteiger partial charge in [-0.2, -0.15) is 0 Å². The Hall–Kier alpha value is -1.59. The molecule has 0 bridgehead atoms. The third-order valence-electron chi connectivity index (χ3n) is 4.19. The van der Waals surface area contributed by atoms with Gasteiger partial charge in [-0.3, -0.25) is 9.69 Å². The van der Waals surface area contributed by atoms with Gasteiger partial charge in [0.05, 0.1) is 0 Å². The van der Waals surface area contributed by atoms with Crippen LogP contribution in [0.3, 0.4) is 0 Å². The van der Waals surface area contributed by atoms with Crippen molar-refractivity contribution in [3.8, 4) is 11.5 Å². The first-order valence-corrected chi connectivity index (χ1v) is 7.80. The van der Waals surface area contributed by atoms with Crippen LogP contribution in [0.15, 0.2) is 6.07 Å². The van der Waals surface area contributed by atoms with Crippen LogP contribution in [0, 0.1) is 20.8 Å². The van der Waals surface area contributed by atoms with Gasteiger partial charge in [0, 0.05) is 33.1 Å². The van der Waals surface area contributed by atoms with Gasteiger partial charge in [0.25, 0.3) is 0 Å². The number of carbonyl (C=O) groups is 1. The minimum atomic E-state index is -0.298. The highest BCUT2D eigenvalue weighted by atomic mass is 16.5. The van der Waals surface area contributed by atoms with Crippen molar-refractivity contribution in [3.63, 3.8) is 0 Å². The number of rotatable bonds is 4. The quantitative estimate of drug-likeness (QED) is 0.682. The number of ether oxygens (including phenoxy) is 2. The number of carbonyl (C=O) groups excluding carboxylic acids is 1. The normalized spacial score (nSPS) is 17.1. The summed E-state index contributed by atoms with van der Waals surface area (Å²) in [6.45, 7) is 13.4. The maximum Gasteiger partial charge on any atom is 0.308 e. The molecule has 122 valence electrons. The summed E-state index contributed by atoms with van der Waals surface area (Å²) in [5.41, 5.74) is 2.89. The predicted octanol–water partition coefficient (Wildman–Crippen LogP) is 2.17. The van der Waals surface area contributed by atoms with E-state index in [-0.39, 0.29) is 12.2 Å². The second-order valence-corrected chi connectivity index (χ2v) is 5.87. The lowest BCUT2D eigenvalue weighted by Crippen LogP contribution is -2.49. The molecule has 1 atom stereocenters. The first-order valence-electron chi connectivity index (χ1n) is 7.80. The topological polar surface area (TPSA) is 50.8 Å². The van der Waals surface area contributed by atoms with E-state index >= 15 is 0 Å². The van der Waals surface area contributed by atoms with Crippen molar-refractivity contribution in [3.05, 3.63) is 22.8 Å². The zero-order chi connectivity index (χ0) is 16.3. The average Bonchev–Trinajstić information content (AvgIpc) is 2.49. The fourth-order valence-electron chi connectivity index (χ4n) is 2.75. The summed E-state index contributed by atoms with van der Waals surface area (Å²) < 4.78 is 11.5. The summed E-state index contributed by atoms with van der Waals surface area (Å²) in [5, 5.41) is 3.34. The smallest absolute Gasteiger partial charge is 0.308 e. The SMILES string of the molecule is CC(=O)Oc1c(C)cc(OC(C)N2CCNCC2)c(C)c1C. The van der Waals surface area contributed by atoms with E-state index in [9.17, 15) is 4.79 Å².